The molecule has 0 unspecified atom stereocenters. The fourth-order valence-corrected chi connectivity index (χ4v) is 4.46. The topological polar surface area (TPSA) is 132 Å². The summed E-state index contributed by atoms with van der Waals surface area (Å²) in [5, 5.41) is 20.6. The summed E-state index contributed by atoms with van der Waals surface area (Å²) in [7, 11) is -2.30. The third kappa shape index (κ3) is 4.59. The number of aryl methyl sites for hydroxylation is 1. The van der Waals surface area contributed by atoms with Crippen molar-refractivity contribution in [1.29, 1.82) is 0 Å². The Morgan fingerprint density at radius 3 is 2.27 bits per heavy atom. The second-order valence-corrected chi connectivity index (χ2v) is 8.15. The molecule has 2 atom stereocenters. The van der Waals surface area contributed by atoms with Crippen molar-refractivity contribution in [3.05, 3.63) is 47.3 Å². The molecule has 2 heterocycles. The van der Waals surface area contributed by atoms with Crippen LogP contribution >= 0.6 is 0 Å². The smallest absolute Gasteiger partial charge is 0.407 e. The van der Waals surface area contributed by atoms with E-state index in [4.69, 9.17) is 0 Å². The van der Waals surface area contributed by atoms with Gasteiger partial charge < -0.3 is 25.0 Å². The highest BCUT2D eigenvalue weighted by atomic mass is 32.2. The molecule has 10 nitrogen and oxygen atoms in total. The molecule has 3 N–H and O–H groups in total. The molecule has 0 bridgehead atoms. The van der Waals surface area contributed by atoms with Crippen molar-refractivity contribution >= 4 is 34.3 Å². The van der Waals surface area contributed by atoms with Crippen LogP contribution in [0.5, 0.6) is 0 Å². The van der Waals surface area contributed by atoms with Gasteiger partial charge in [-0.3, -0.25) is 9.10 Å². The fraction of sp³-hybridized carbons (Fsp3) is 0.333. The lowest BCUT2D eigenvalue weighted by atomic mass is 10.2. The first-order chi connectivity index (χ1) is 15.5. The number of hydrogen-bond donors (Lipinski definition) is 4. The van der Waals surface area contributed by atoms with Crippen LogP contribution in [0.2, 0.25) is 0 Å². The van der Waals surface area contributed by atoms with Crippen molar-refractivity contribution in [3.8, 4) is 0 Å². The molecular formula is C18H18F4N4O6S. The lowest BCUT2D eigenvalue weighted by Gasteiger charge is -2.23. The molecule has 1 aromatic heterocycles. The Morgan fingerprint density at radius 2 is 1.79 bits per heavy atom. The lowest BCUT2D eigenvalue weighted by Crippen LogP contribution is -2.39. The van der Waals surface area contributed by atoms with E-state index in [-0.39, 0.29) is 13.0 Å². The van der Waals surface area contributed by atoms with Gasteiger partial charge in [-0.2, -0.15) is 0 Å². The van der Waals surface area contributed by atoms with Crippen molar-refractivity contribution < 1.29 is 45.8 Å². The molecule has 0 saturated carbocycles. The van der Waals surface area contributed by atoms with Crippen LogP contribution in [0.4, 0.5) is 33.7 Å². The SMILES string of the molecule is Cn1cc(N([C@@H]2C[C@H](CO)N(C(=O)O)C2)[SH](=O)=O)c(F)c1C(=O)Nc1cc(F)c(F)c(F)c1. The van der Waals surface area contributed by atoms with E-state index in [2.05, 4.69) is 0 Å². The number of aliphatic hydroxyl groups excluding tert-OH is 1. The van der Waals surface area contributed by atoms with Crippen LogP contribution in [-0.4, -0.2) is 65.3 Å². The van der Waals surface area contributed by atoms with Gasteiger partial charge in [-0.05, 0) is 6.42 Å². The molecular weight excluding hydrogens is 476 g/mol. The summed E-state index contributed by atoms with van der Waals surface area (Å²) in [6, 6.07) is -1.02. The van der Waals surface area contributed by atoms with E-state index in [1.807, 2.05) is 5.32 Å². The summed E-state index contributed by atoms with van der Waals surface area (Å²) in [6.45, 7) is -0.935. The Labute approximate surface area is 185 Å². The zero-order chi connectivity index (χ0) is 24.6. The number of hydrogen-bond acceptors (Lipinski definition) is 5. The molecule has 2 aromatic rings. The number of nitrogens with one attached hydrogen (secondary N) is 1. The van der Waals surface area contributed by atoms with Gasteiger partial charge in [-0.25, -0.2) is 30.8 Å². The zero-order valence-electron chi connectivity index (χ0n) is 16.8. The minimum atomic E-state index is -3.50. The predicted octanol–water partition coefficient (Wildman–Crippen LogP) is 1.28. The maximum absolute atomic E-state index is 15.2. The molecule has 33 heavy (non-hydrogen) atoms. The van der Waals surface area contributed by atoms with E-state index in [9.17, 15) is 41.4 Å². The van der Waals surface area contributed by atoms with Crippen LogP contribution in [0, 0.1) is 23.3 Å². The van der Waals surface area contributed by atoms with E-state index in [0.29, 0.717) is 16.4 Å². The fourth-order valence-electron chi connectivity index (χ4n) is 3.71. The summed E-state index contributed by atoms with van der Waals surface area (Å²) in [5.74, 6) is -7.44. The largest absolute Gasteiger partial charge is 0.465 e. The van der Waals surface area contributed by atoms with E-state index < -0.39 is 81.9 Å². The van der Waals surface area contributed by atoms with Gasteiger partial charge in [0.25, 0.3) is 5.91 Å². The molecule has 1 aliphatic heterocycles. The minimum absolute atomic E-state index is 0.129. The number of carboxylic acid groups (broad SMARTS) is 1. The summed E-state index contributed by atoms with van der Waals surface area (Å²) in [6.07, 6.45) is -0.556. The third-order valence-corrected chi connectivity index (χ3v) is 6.07. The Hall–Kier alpha value is -3.33. The van der Waals surface area contributed by atoms with Crippen LogP contribution < -0.4 is 9.62 Å². The number of thiol groups is 1. The zero-order valence-corrected chi connectivity index (χ0v) is 17.7. The highest BCUT2D eigenvalue weighted by Gasteiger charge is 2.40. The van der Waals surface area contributed by atoms with Gasteiger partial charge in [0.05, 0.1) is 18.7 Å². The maximum atomic E-state index is 15.2. The predicted molar refractivity (Wildman–Crippen MR) is 106 cm³/mol. The molecule has 15 heteroatoms. The van der Waals surface area contributed by atoms with Crippen molar-refractivity contribution in [2.75, 3.05) is 22.8 Å². The molecule has 3 rings (SSSR count). The average molecular weight is 494 g/mol. The number of benzene rings is 1. The number of likely N-dealkylation sites (tertiary alicyclic amines) is 1. The van der Waals surface area contributed by atoms with E-state index >= 15 is 4.39 Å². The number of anilines is 2. The van der Waals surface area contributed by atoms with Gasteiger partial charge in [0, 0.05) is 37.6 Å². The van der Waals surface area contributed by atoms with Crippen LogP contribution in [0.1, 0.15) is 16.9 Å². The van der Waals surface area contributed by atoms with Crippen molar-refractivity contribution in [2.24, 2.45) is 7.05 Å². The second kappa shape index (κ2) is 9.27. The van der Waals surface area contributed by atoms with Crippen LogP contribution in [-0.2, 0) is 17.9 Å². The number of aromatic nitrogens is 1. The lowest BCUT2D eigenvalue weighted by molar-refractivity contribution is 0.101. The van der Waals surface area contributed by atoms with E-state index in [0.717, 1.165) is 15.7 Å². The summed E-state index contributed by atoms with van der Waals surface area (Å²) in [5.41, 5.74) is -1.78. The number of nitrogens with zero attached hydrogens (tertiary/aromatic N) is 3. The Morgan fingerprint density at radius 1 is 1.18 bits per heavy atom. The molecule has 0 aliphatic carbocycles. The first kappa shape index (κ1) is 24.3. The molecule has 2 amide bonds. The molecule has 0 radical (unpaired) electrons. The van der Waals surface area contributed by atoms with Crippen LogP contribution in [0.15, 0.2) is 18.3 Å². The first-order valence-corrected chi connectivity index (χ1v) is 10.4. The molecule has 1 saturated heterocycles. The minimum Gasteiger partial charge on any atom is -0.465 e. The van der Waals surface area contributed by atoms with Crippen LogP contribution in [0.25, 0.3) is 0 Å². The molecule has 1 fully saturated rings. The Bertz CT molecular complexity index is 1160. The quantitative estimate of drug-likeness (QED) is 0.272. The van der Waals surface area contributed by atoms with E-state index in [1.165, 1.54) is 7.05 Å². The van der Waals surface area contributed by atoms with Gasteiger partial charge in [0.1, 0.15) is 11.4 Å². The van der Waals surface area contributed by atoms with Crippen molar-refractivity contribution in [3.63, 3.8) is 0 Å². The first-order valence-electron chi connectivity index (χ1n) is 9.30. The molecule has 180 valence electrons. The monoisotopic (exact) mass is 494 g/mol. The molecule has 1 aliphatic rings. The number of rotatable bonds is 6. The maximum Gasteiger partial charge on any atom is 0.407 e. The summed E-state index contributed by atoms with van der Waals surface area (Å²) < 4.78 is 80.5. The number of carbonyl (C=O) groups is 2. The van der Waals surface area contributed by atoms with Crippen molar-refractivity contribution in [1.82, 2.24) is 9.47 Å². The van der Waals surface area contributed by atoms with E-state index in [1.54, 1.807) is 0 Å². The summed E-state index contributed by atoms with van der Waals surface area (Å²) in [4.78, 5) is 24.7. The van der Waals surface area contributed by atoms with Crippen LogP contribution in [0.3, 0.4) is 0 Å². The number of carbonyl (C=O) groups excluding carboxylic acids is 1. The summed E-state index contributed by atoms with van der Waals surface area (Å²) >= 11 is 0. The number of amides is 2. The normalized spacial score (nSPS) is 18.1. The molecule has 1 aromatic carbocycles. The van der Waals surface area contributed by atoms with Gasteiger partial charge in [-0.1, -0.05) is 0 Å². The number of aliphatic hydroxyl groups is 1. The molecule has 0 spiro atoms. The van der Waals surface area contributed by atoms with Gasteiger partial charge in [0.15, 0.2) is 23.3 Å². The average Bonchev–Trinajstić information content (AvgIpc) is 3.27. The Kier molecular flexibility index (Phi) is 6.83. The third-order valence-electron chi connectivity index (χ3n) is 5.18. The second-order valence-electron chi connectivity index (χ2n) is 7.24. The standard InChI is InChI=1S/C18H18F4N4O6S/c1-24-6-13(26(33(31)32)9-4-10(7-27)25(5-9)18(29)30)15(22)16(24)17(28)23-8-2-11(19)14(21)12(20)3-8/h2-3,6,9-10,27,33H,4-5,7H2,1H3,(H,23,28)(H,29,30)/t9-,10-/m1/s1. The Balaban J connectivity index is 1.94. The number of halogens is 4. The highest BCUT2D eigenvalue weighted by molar-refractivity contribution is 7.74. The van der Waals surface area contributed by atoms with Crippen molar-refractivity contribution in [2.45, 2.75) is 18.5 Å². The van der Waals surface area contributed by atoms with Gasteiger partial charge in [0.2, 0.25) is 10.9 Å². The van der Waals surface area contributed by atoms with Gasteiger partial charge >= 0.3 is 6.09 Å². The highest BCUT2D eigenvalue weighted by Crippen LogP contribution is 2.31. The van der Waals surface area contributed by atoms with Gasteiger partial charge in [-0.15, -0.1) is 0 Å².